The van der Waals surface area contributed by atoms with Crippen molar-refractivity contribution in [2.24, 2.45) is 0 Å². The van der Waals surface area contributed by atoms with Gasteiger partial charge in [-0.2, -0.15) is 0 Å². The maximum Gasteiger partial charge on any atom is 0.272 e. The van der Waals surface area contributed by atoms with E-state index < -0.39 is 0 Å². The van der Waals surface area contributed by atoms with Crippen LogP contribution in [0.1, 0.15) is 56.8 Å². The van der Waals surface area contributed by atoms with Gasteiger partial charge in [0.15, 0.2) is 0 Å². The highest BCUT2D eigenvalue weighted by Gasteiger charge is 2.17. The van der Waals surface area contributed by atoms with E-state index in [0.717, 1.165) is 31.7 Å². The van der Waals surface area contributed by atoms with E-state index in [2.05, 4.69) is 28.7 Å². The van der Waals surface area contributed by atoms with Gasteiger partial charge < -0.3 is 9.80 Å². The highest BCUT2D eigenvalue weighted by Crippen LogP contribution is 2.15. The van der Waals surface area contributed by atoms with Crippen molar-refractivity contribution in [3.8, 4) is 0 Å². The van der Waals surface area contributed by atoms with Gasteiger partial charge in [0, 0.05) is 32.2 Å². The quantitative estimate of drug-likeness (QED) is 0.739. The maximum absolute atomic E-state index is 12.5. The number of aromatic nitrogens is 2. The zero-order valence-corrected chi connectivity index (χ0v) is 14.0. The third-order valence-corrected chi connectivity index (χ3v) is 3.41. The van der Waals surface area contributed by atoms with Crippen LogP contribution in [0.3, 0.4) is 0 Å². The number of hydrogen-bond donors (Lipinski definition) is 0. The first-order valence-corrected chi connectivity index (χ1v) is 7.97. The van der Waals surface area contributed by atoms with Gasteiger partial charge in [-0.3, -0.25) is 4.79 Å². The summed E-state index contributed by atoms with van der Waals surface area (Å²) in [7, 11) is 0. The van der Waals surface area contributed by atoms with Crippen LogP contribution in [0.15, 0.2) is 6.07 Å². The van der Waals surface area contributed by atoms with Gasteiger partial charge >= 0.3 is 0 Å². The second-order valence-electron chi connectivity index (χ2n) is 5.12. The molecule has 21 heavy (non-hydrogen) atoms. The van der Waals surface area contributed by atoms with Gasteiger partial charge in [0.2, 0.25) is 0 Å². The van der Waals surface area contributed by atoms with E-state index in [1.165, 1.54) is 0 Å². The molecule has 0 spiro atoms. The molecule has 0 aromatic carbocycles. The summed E-state index contributed by atoms with van der Waals surface area (Å²) in [6, 6.07) is 1.83. The van der Waals surface area contributed by atoms with E-state index >= 15 is 0 Å². The highest BCUT2D eigenvalue weighted by atomic mass is 16.2. The summed E-state index contributed by atoms with van der Waals surface area (Å²) in [5, 5.41) is 0. The van der Waals surface area contributed by atoms with E-state index in [9.17, 15) is 4.79 Å². The highest BCUT2D eigenvalue weighted by molar-refractivity contribution is 5.93. The number of carbonyl (C=O) groups excluding carboxylic acids is 1. The molecule has 0 aliphatic rings. The molecule has 0 saturated heterocycles. The van der Waals surface area contributed by atoms with Crippen LogP contribution in [0.25, 0.3) is 0 Å². The van der Waals surface area contributed by atoms with Crippen molar-refractivity contribution < 1.29 is 4.79 Å². The van der Waals surface area contributed by atoms with Crippen molar-refractivity contribution in [3.05, 3.63) is 17.6 Å². The Morgan fingerprint density at radius 3 is 2.10 bits per heavy atom. The zero-order chi connectivity index (χ0) is 15.8. The van der Waals surface area contributed by atoms with Crippen LogP contribution in [0, 0.1) is 6.92 Å². The Hall–Kier alpha value is -1.65. The van der Waals surface area contributed by atoms with Gasteiger partial charge in [0.05, 0.1) is 0 Å². The number of hydrogen-bond acceptors (Lipinski definition) is 4. The molecule has 0 aliphatic heterocycles. The Balaban J connectivity index is 3.10. The number of nitrogens with zero attached hydrogens (tertiary/aromatic N) is 4. The Morgan fingerprint density at radius 1 is 1.05 bits per heavy atom. The maximum atomic E-state index is 12.5. The minimum Gasteiger partial charge on any atom is -0.357 e. The molecular weight excluding hydrogens is 264 g/mol. The van der Waals surface area contributed by atoms with Crippen LogP contribution in [-0.4, -0.2) is 47.0 Å². The van der Waals surface area contributed by atoms with Gasteiger partial charge in [-0.25, -0.2) is 9.97 Å². The normalized spacial score (nSPS) is 10.5. The molecule has 0 saturated carbocycles. The Bertz CT molecular complexity index is 452. The third-order valence-electron chi connectivity index (χ3n) is 3.41. The fourth-order valence-electron chi connectivity index (χ4n) is 2.38. The minimum atomic E-state index is -0.0142. The molecule has 0 bridgehead atoms. The minimum absolute atomic E-state index is 0.0142. The zero-order valence-electron chi connectivity index (χ0n) is 14.0. The lowest BCUT2D eigenvalue weighted by Crippen LogP contribution is -2.32. The molecule has 1 amide bonds. The number of rotatable bonds is 8. The molecule has 1 rings (SSSR count). The van der Waals surface area contributed by atoms with Crippen LogP contribution >= 0.6 is 0 Å². The first-order valence-electron chi connectivity index (χ1n) is 7.97. The number of aryl methyl sites for hydroxylation is 1. The van der Waals surface area contributed by atoms with E-state index in [-0.39, 0.29) is 5.91 Å². The van der Waals surface area contributed by atoms with Crippen LogP contribution in [0.5, 0.6) is 0 Å². The summed E-state index contributed by atoms with van der Waals surface area (Å²) < 4.78 is 0. The summed E-state index contributed by atoms with van der Waals surface area (Å²) in [5.74, 6) is 1.50. The van der Waals surface area contributed by atoms with E-state index in [1.54, 1.807) is 4.90 Å². The van der Waals surface area contributed by atoms with Gasteiger partial charge in [-0.05, 0) is 33.6 Å². The molecule has 0 N–H and O–H groups in total. The van der Waals surface area contributed by atoms with Crippen LogP contribution in [0.4, 0.5) is 5.82 Å². The third kappa shape index (κ3) is 4.69. The van der Waals surface area contributed by atoms with Gasteiger partial charge in [0.1, 0.15) is 17.3 Å². The number of carbonyl (C=O) groups is 1. The second kappa shape index (κ2) is 8.60. The van der Waals surface area contributed by atoms with Gasteiger partial charge in [-0.15, -0.1) is 0 Å². The molecule has 1 heterocycles. The lowest BCUT2D eigenvalue weighted by molar-refractivity contribution is 0.0766. The molecule has 0 fully saturated rings. The lowest BCUT2D eigenvalue weighted by atomic mass is 10.3. The lowest BCUT2D eigenvalue weighted by Gasteiger charge is -2.24. The monoisotopic (exact) mass is 292 g/mol. The van der Waals surface area contributed by atoms with E-state index in [0.29, 0.717) is 24.6 Å². The molecule has 0 atom stereocenters. The first kappa shape index (κ1) is 17.4. The molecule has 0 aliphatic carbocycles. The molecular formula is C16H28N4O. The van der Waals surface area contributed by atoms with Crippen LogP contribution in [0.2, 0.25) is 0 Å². The van der Waals surface area contributed by atoms with Crippen molar-refractivity contribution in [2.45, 2.75) is 47.5 Å². The van der Waals surface area contributed by atoms with Gasteiger partial charge in [-0.1, -0.05) is 13.8 Å². The summed E-state index contributed by atoms with van der Waals surface area (Å²) in [4.78, 5) is 25.3. The standard InChI is InChI=1S/C16H28N4O/c1-6-10-20(11-7-2)15-12-14(17-13(5)18-15)16(21)19(8-3)9-4/h12H,6-11H2,1-5H3. The summed E-state index contributed by atoms with van der Waals surface area (Å²) in [6.07, 6.45) is 2.12. The SMILES string of the molecule is CCCN(CCC)c1cc(C(=O)N(CC)CC)nc(C)n1. The first-order chi connectivity index (χ1) is 10.1. The molecule has 118 valence electrons. The Kier molecular flexibility index (Phi) is 7.12. The van der Waals surface area contributed by atoms with Crippen molar-refractivity contribution in [1.29, 1.82) is 0 Å². The van der Waals surface area contributed by atoms with E-state index in [4.69, 9.17) is 0 Å². The van der Waals surface area contributed by atoms with Crippen molar-refractivity contribution >= 4 is 11.7 Å². The topological polar surface area (TPSA) is 49.3 Å². The average molecular weight is 292 g/mol. The predicted octanol–water partition coefficient (Wildman–Crippen LogP) is 2.89. The molecule has 0 radical (unpaired) electrons. The fourth-order valence-corrected chi connectivity index (χ4v) is 2.38. The van der Waals surface area contributed by atoms with Crippen molar-refractivity contribution in [3.63, 3.8) is 0 Å². The number of amides is 1. The van der Waals surface area contributed by atoms with E-state index in [1.807, 2.05) is 26.8 Å². The second-order valence-corrected chi connectivity index (χ2v) is 5.12. The summed E-state index contributed by atoms with van der Waals surface area (Å²) in [6.45, 7) is 13.4. The molecule has 5 nitrogen and oxygen atoms in total. The predicted molar refractivity (Wildman–Crippen MR) is 86.8 cm³/mol. The molecule has 1 aromatic rings. The molecule has 0 unspecified atom stereocenters. The average Bonchev–Trinajstić information content (AvgIpc) is 2.47. The van der Waals surface area contributed by atoms with Gasteiger partial charge in [0.25, 0.3) is 5.91 Å². The van der Waals surface area contributed by atoms with Crippen LogP contribution in [-0.2, 0) is 0 Å². The number of anilines is 1. The van der Waals surface area contributed by atoms with Crippen molar-refractivity contribution in [1.82, 2.24) is 14.9 Å². The summed E-state index contributed by atoms with van der Waals surface area (Å²) in [5.41, 5.74) is 0.499. The smallest absolute Gasteiger partial charge is 0.272 e. The molecule has 5 heteroatoms. The van der Waals surface area contributed by atoms with Crippen molar-refractivity contribution in [2.75, 3.05) is 31.1 Å². The largest absolute Gasteiger partial charge is 0.357 e. The Labute approximate surface area is 128 Å². The summed E-state index contributed by atoms with van der Waals surface area (Å²) >= 11 is 0. The Morgan fingerprint density at radius 2 is 1.62 bits per heavy atom. The fraction of sp³-hybridized carbons (Fsp3) is 0.688. The molecule has 1 aromatic heterocycles. The van der Waals surface area contributed by atoms with Crippen LogP contribution < -0.4 is 4.90 Å².